The second kappa shape index (κ2) is 7.10. The summed E-state index contributed by atoms with van der Waals surface area (Å²) in [5.41, 5.74) is 3.28. The van der Waals surface area contributed by atoms with Crippen molar-refractivity contribution in [1.29, 1.82) is 0 Å². The van der Waals surface area contributed by atoms with Crippen molar-refractivity contribution in [3.63, 3.8) is 0 Å². The van der Waals surface area contributed by atoms with Gasteiger partial charge in [0.05, 0.1) is 5.52 Å². The second-order valence-electron chi connectivity index (χ2n) is 4.82. The molecule has 2 aromatic rings. The molecule has 3 nitrogen and oxygen atoms in total. The molecule has 0 unspecified atom stereocenters. The van der Waals surface area contributed by atoms with E-state index in [9.17, 15) is 0 Å². The van der Waals surface area contributed by atoms with Gasteiger partial charge >= 0.3 is 0 Å². The first-order valence-corrected chi connectivity index (χ1v) is 8.57. The van der Waals surface area contributed by atoms with E-state index < -0.39 is 0 Å². The van der Waals surface area contributed by atoms with E-state index in [-0.39, 0.29) is 0 Å². The number of pyridine rings is 1. The summed E-state index contributed by atoms with van der Waals surface area (Å²) in [4.78, 5) is 7.72. The van der Waals surface area contributed by atoms with Gasteiger partial charge in [0.2, 0.25) is 0 Å². The number of nitrogens with zero attached hydrogens (tertiary/aromatic N) is 2. The topological polar surface area (TPSA) is 33.6 Å². The first-order chi connectivity index (χ1) is 9.24. The third-order valence-electron chi connectivity index (χ3n) is 3.35. The lowest BCUT2D eigenvalue weighted by molar-refractivity contribution is 0.587. The van der Waals surface area contributed by atoms with Crippen molar-refractivity contribution < 1.29 is 0 Å². The Morgan fingerprint density at radius 2 is 2.11 bits per heavy atom. The van der Waals surface area contributed by atoms with Gasteiger partial charge in [0.15, 0.2) is 10.4 Å². The highest BCUT2D eigenvalue weighted by Crippen LogP contribution is 2.16. The number of hydrogen-bond donors (Lipinski definition) is 1. The lowest BCUT2D eigenvalue weighted by Gasteiger charge is -2.04. The van der Waals surface area contributed by atoms with Crippen LogP contribution in [0.25, 0.3) is 11.2 Å². The Hall–Kier alpha value is -0.810. The molecule has 0 amide bonds. The molecule has 0 saturated carbocycles. The quantitative estimate of drug-likeness (QED) is 0.610. The molecule has 0 aliphatic heterocycles. The highest BCUT2D eigenvalue weighted by molar-refractivity contribution is 7.98. The largest absolute Gasteiger partial charge is 0.329 e. The maximum atomic E-state index is 5.40. The van der Waals surface area contributed by atoms with Crippen molar-refractivity contribution in [3.05, 3.63) is 22.6 Å². The third kappa shape index (κ3) is 3.60. The van der Waals surface area contributed by atoms with Crippen LogP contribution in [0.2, 0.25) is 0 Å². The van der Waals surface area contributed by atoms with Gasteiger partial charge in [-0.3, -0.25) is 0 Å². The van der Waals surface area contributed by atoms with Crippen LogP contribution in [-0.2, 0) is 6.54 Å². The van der Waals surface area contributed by atoms with Gasteiger partial charge in [0.25, 0.3) is 0 Å². The highest BCUT2D eigenvalue weighted by Gasteiger charge is 2.06. The van der Waals surface area contributed by atoms with Gasteiger partial charge in [-0.25, -0.2) is 4.98 Å². The highest BCUT2D eigenvalue weighted by atomic mass is 32.2. The van der Waals surface area contributed by atoms with Crippen molar-refractivity contribution in [2.24, 2.45) is 0 Å². The van der Waals surface area contributed by atoms with Crippen LogP contribution in [0.1, 0.15) is 31.2 Å². The average molecular weight is 295 g/mol. The molecular formula is C14H21N3S2. The number of nitrogens with one attached hydrogen (secondary N) is 1. The minimum atomic E-state index is 0.793. The molecule has 0 atom stereocenters. The number of hydrogen-bond acceptors (Lipinski definition) is 3. The summed E-state index contributed by atoms with van der Waals surface area (Å²) in [6, 6.07) is 2.01. The van der Waals surface area contributed by atoms with Gasteiger partial charge in [-0.2, -0.15) is 11.8 Å². The van der Waals surface area contributed by atoms with Crippen molar-refractivity contribution in [3.8, 4) is 0 Å². The fourth-order valence-electron chi connectivity index (χ4n) is 2.25. The zero-order valence-electron chi connectivity index (χ0n) is 11.6. The van der Waals surface area contributed by atoms with Crippen LogP contribution in [0.5, 0.6) is 0 Å². The molecule has 19 heavy (non-hydrogen) atoms. The molecule has 0 saturated heterocycles. The summed E-state index contributed by atoms with van der Waals surface area (Å²) in [5.74, 6) is 1.27. The minimum absolute atomic E-state index is 0.793. The molecule has 104 valence electrons. The van der Waals surface area contributed by atoms with Crippen LogP contribution in [0, 0.1) is 11.7 Å². The smallest absolute Gasteiger partial charge is 0.179 e. The summed E-state index contributed by atoms with van der Waals surface area (Å²) in [5, 5.41) is 0. The number of H-pyrrole nitrogens is 1. The van der Waals surface area contributed by atoms with Gasteiger partial charge in [0.1, 0.15) is 0 Å². The van der Waals surface area contributed by atoms with E-state index in [1.54, 1.807) is 0 Å². The van der Waals surface area contributed by atoms with E-state index in [1.807, 2.05) is 24.0 Å². The van der Waals surface area contributed by atoms with Crippen LogP contribution < -0.4 is 0 Å². The number of aromatic amines is 1. The molecule has 0 fully saturated rings. The van der Waals surface area contributed by atoms with Gasteiger partial charge in [-0.05, 0) is 55.6 Å². The Balaban J connectivity index is 1.99. The summed E-state index contributed by atoms with van der Waals surface area (Å²) in [6.45, 7) is 3.05. The Labute approximate surface area is 123 Å². The average Bonchev–Trinajstić information content (AvgIpc) is 2.72. The molecule has 0 aromatic carbocycles. The SMILES string of the molecule is CSCCCCCCn1c(=S)[nH]c2c(C)ccnc21. The van der Waals surface area contributed by atoms with Crippen LogP contribution in [-0.4, -0.2) is 26.5 Å². The zero-order valence-corrected chi connectivity index (χ0v) is 13.2. The lowest BCUT2D eigenvalue weighted by atomic mass is 10.2. The molecule has 2 aromatic heterocycles. The van der Waals surface area contributed by atoms with E-state index in [2.05, 4.69) is 27.7 Å². The Bertz CT molecular complexity index is 586. The molecule has 2 rings (SSSR count). The minimum Gasteiger partial charge on any atom is -0.329 e. The molecule has 0 spiro atoms. The number of imidazole rings is 1. The molecule has 5 heteroatoms. The molecule has 2 heterocycles. The van der Waals surface area contributed by atoms with Crippen molar-refractivity contribution in [2.75, 3.05) is 12.0 Å². The predicted molar refractivity (Wildman–Crippen MR) is 86.5 cm³/mol. The zero-order chi connectivity index (χ0) is 13.7. The Kier molecular flexibility index (Phi) is 5.45. The fourth-order valence-corrected chi connectivity index (χ4v) is 3.02. The van der Waals surface area contributed by atoms with Crippen LogP contribution in [0.3, 0.4) is 0 Å². The number of thioether (sulfide) groups is 1. The summed E-state index contributed by atoms with van der Waals surface area (Å²) in [7, 11) is 0. The normalized spacial score (nSPS) is 11.3. The van der Waals surface area contributed by atoms with Crippen molar-refractivity contribution >= 4 is 35.1 Å². The number of fused-ring (bicyclic) bond motifs is 1. The summed E-state index contributed by atoms with van der Waals surface area (Å²) in [6.07, 6.45) is 9.08. The van der Waals surface area contributed by atoms with E-state index in [0.717, 1.165) is 22.5 Å². The molecule has 0 bridgehead atoms. The molecule has 0 aliphatic rings. The van der Waals surface area contributed by atoms with E-state index in [1.165, 1.54) is 37.0 Å². The summed E-state index contributed by atoms with van der Waals surface area (Å²) >= 11 is 7.32. The standard InChI is InChI=1S/C14H21N3S2/c1-11-7-8-15-13-12(11)16-14(18)17(13)9-5-3-4-6-10-19-2/h7-8H,3-6,9-10H2,1-2H3,(H,16,18). The van der Waals surface area contributed by atoms with Crippen LogP contribution >= 0.6 is 24.0 Å². The van der Waals surface area contributed by atoms with E-state index >= 15 is 0 Å². The van der Waals surface area contributed by atoms with Crippen molar-refractivity contribution in [1.82, 2.24) is 14.5 Å². The third-order valence-corrected chi connectivity index (χ3v) is 4.37. The number of unbranched alkanes of at least 4 members (excludes halogenated alkanes) is 3. The first kappa shape index (κ1) is 14.6. The Morgan fingerprint density at radius 3 is 2.89 bits per heavy atom. The molecule has 1 N–H and O–H groups in total. The molecule has 0 radical (unpaired) electrons. The van der Waals surface area contributed by atoms with E-state index in [0.29, 0.717) is 0 Å². The molecular weight excluding hydrogens is 274 g/mol. The monoisotopic (exact) mass is 295 g/mol. The first-order valence-electron chi connectivity index (χ1n) is 6.77. The number of rotatable bonds is 7. The second-order valence-corrected chi connectivity index (χ2v) is 6.19. The molecule has 0 aliphatic carbocycles. The van der Waals surface area contributed by atoms with Crippen molar-refractivity contribution in [2.45, 2.75) is 39.2 Å². The van der Waals surface area contributed by atoms with Gasteiger partial charge in [-0.15, -0.1) is 0 Å². The van der Waals surface area contributed by atoms with Gasteiger partial charge in [-0.1, -0.05) is 12.8 Å². The van der Waals surface area contributed by atoms with E-state index in [4.69, 9.17) is 12.2 Å². The Morgan fingerprint density at radius 1 is 1.32 bits per heavy atom. The summed E-state index contributed by atoms with van der Waals surface area (Å²) < 4.78 is 2.92. The van der Waals surface area contributed by atoms with Gasteiger partial charge < -0.3 is 9.55 Å². The van der Waals surface area contributed by atoms with Gasteiger partial charge in [0, 0.05) is 12.7 Å². The maximum absolute atomic E-state index is 5.40. The maximum Gasteiger partial charge on any atom is 0.179 e. The fraction of sp³-hybridized carbons (Fsp3) is 0.571. The predicted octanol–water partition coefficient (Wildman–Crippen LogP) is 4.33. The van der Waals surface area contributed by atoms with Crippen LogP contribution in [0.4, 0.5) is 0 Å². The number of aryl methyl sites for hydroxylation is 2. The number of aromatic nitrogens is 3. The lowest BCUT2D eigenvalue weighted by Crippen LogP contribution is -1.99. The van der Waals surface area contributed by atoms with Crippen LogP contribution in [0.15, 0.2) is 12.3 Å².